The molecule has 0 radical (unpaired) electrons. The van der Waals surface area contributed by atoms with Crippen molar-refractivity contribution in [2.45, 2.75) is 75.4 Å². The Kier molecular flexibility index (Phi) is 5.32. The first-order chi connectivity index (χ1) is 12.3. The van der Waals surface area contributed by atoms with E-state index in [-0.39, 0.29) is 5.56 Å². The van der Waals surface area contributed by atoms with Gasteiger partial charge in [-0.1, -0.05) is 43.5 Å². The average molecular weight is 375 g/mol. The van der Waals surface area contributed by atoms with Gasteiger partial charge in [0.1, 0.15) is 4.83 Å². The van der Waals surface area contributed by atoms with E-state index in [1.807, 2.05) is 10.6 Å². The Morgan fingerprint density at radius 3 is 2.72 bits per heavy atom. The zero-order valence-corrected chi connectivity index (χ0v) is 16.4. The van der Waals surface area contributed by atoms with Gasteiger partial charge < -0.3 is 0 Å². The van der Waals surface area contributed by atoms with Crippen LogP contribution in [0.4, 0.5) is 0 Å². The number of nitrogens with zero attached hydrogens (tertiary/aromatic N) is 2. The first-order valence-electron chi connectivity index (χ1n) is 9.60. The molecular formula is C20H26N2OS2. The molecule has 0 aliphatic heterocycles. The summed E-state index contributed by atoms with van der Waals surface area (Å²) in [6.45, 7) is 3.83. The maximum Gasteiger partial charge on any atom is 0.263 e. The van der Waals surface area contributed by atoms with E-state index in [1.165, 1.54) is 49.0 Å². The van der Waals surface area contributed by atoms with E-state index in [0.717, 1.165) is 46.8 Å². The van der Waals surface area contributed by atoms with Crippen molar-refractivity contribution in [3.8, 4) is 0 Å². The minimum absolute atomic E-state index is 0.225. The fourth-order valence-electron chi connectivity index (χ4n) is 4.27. The van der Waals surface area contributed by atoms with Crippen molar-refractivity contribution in [3.05, 3.63) is 33.4 Å². The summed E-state index contributed by atoms with van der Waals surface area (Å²) >= 11 is 3.43. The van der Waals surface area contributed by atoms with Crippen LogP contribution in [0.1, 0.15) is 67.8 Å². The number of hydrogen-bond acceptors (Lipinski definition) is 4. The van der Waals surface area contributed by atoms with Crippen LogP contribution in [0, 0.1) is 0 Å². The molecule has 4 rings (SSSR count). The summed E-state index contributed by atoms with van der Waals surface area (Å²) in [5.74, 6) is 0.801. The standard InChI is InChI=1S/C20H26N2OS2/c1-2-13-24-20-21-18-17(15-11-7-4-8-12-16(15)25-18)19(23)22(20)14-9-5-3-6-10-14/h2,14H,1,3-13H2. The Bertz CT molecular complexity index is 830. The Balaban J connectivity index is 1.89. The third-order valence-corrected chi connectivity index (χ3v) is 7.64. The highest BCUT2D eigenvalue weighted by Gasteiger charge is 2.25. The molecule has 2 aromatic heterocycles. The van der Waals surface area contributed by atoms with E-state index in [1.54, 1.807) is 23.1 Å². The molecule has 134 valence electrons. The molecule has 2 aliphatic rings. The van der Waals surface area contributed by atoms with E-state index in [4.69, 9.17) is 4.98 Å². The summed E-state index contributed by atoms with van der Waals surface area (Å²) in [5.41, 5.74) is 1.54. The maximum atomic E-state index is 13.5. The fraction of sp³-hybridized carbons (Fsp3) is 0.600. The molecule has 0 N–H and O–H groups in total. The van der Waals surface area contributed by atoms with Gasteiger partial charge in [0.15, 0.2) is 5.16 Å². The van der Waals surface area contributed by atoms with Crippen LogP contribution in [0.5, 0.6) is 0 Å². The molecule has 3 nitrogen and oxygen atoms in total. The SMILES string of the molecule is C=CCSc1nc2sc3c(c2c(=O)n1C1CCCCC1)CCCCC3. The van der Waals surface area contributed by atoms with Gasteiger partial charge in [-0.3, -0.25) is 9.36 Å². The molecule has 2 heterocycles. The zero-order valence-electron chi connectivity index (χ0n) is 14.8. The van der Waals surface area contributed by atoms with Gasteiger partial charge in [-0.15, -0.1) is 17.9 Å². The predicted molar refractivity (Wildman–Crippen MR) is 108 cm³/mol. The van der Waals surface area contributed by atoms with Gasteiger partial charge in [0.25, 0.3) is 5.56 Å². The molecule has 0 saturated heterocycles. The Morgan fingerprint density at radius 1 is 1.16 bits per heavy atom. The molecule has 2 aliphatic carbocycles. The summed E-state index contributed by atoms with van der Waals surface area (Å²) < 4.78 is 2.05. The van der Waals surface area contributed by atoms with Crippen LogP contribution in [0.15, 0.2) is 22.6 Å². The second-order valence-electron chi connectivity index (χ2n) is 7.21. The lowest BCUT2D eigenvalue weighted by Gasteiger charge is -2.25. The Hall–Kier alpha value is -1.07. The summed E-state index contributed by atoms with van der Waals surface area (Å²) in [5, 5.41) is 1.84. The number of aromatic nitrogens is 2. The monoisotopic (exact) mass is 374 g/mol. The lowest BCUT2D eigenvalue weighted by molar-refractivity contribution is 0.326. The highest BCUT2D eigenvalue weighted by molar-refractivity contribution is 7.99. The van der Waals surface area contributed by atoms with Crippen LogP contribution < -0.4 is 5.56 Å². The highest BCUT2D eigenvalue weighted by atomic mass is 32.2. The molecule has 0 atom stereocenters. The number of hydrogen-bond donors (Lipinski definition) is 0. The van der Waals surface area contributed by atoms with Crippen molar-refractivity contribution >= 4 is 33.3 Å². The number of fused-ring (bicyclic) bond motifs is 3. The summed E-state index contributed by atoms with van der Waals surface area (Å²) in [4.78, 5) is 20.9. The molecule has 2 aromatic rings. The Labute approximate surface area is 157 Å². The van der Waals surface area contributed by atoms with Gasteiger partial charge >= 0.3 is 0 Å². The molecule has 1 saturated carbocycles. The van der Waals surface area contributed by atoms with Crippen LogP contribution in [0.2, 0.25) is 0 Å². The first-order valence-corrected chi connectivity index (χ1v) is 11.4. The summed E-state index contributed by atoms with van der Waals surface area (Å²) in [6.07, 6.45) is 13.8. The minimum atomic E-state index is 0.225. The van der Waals surface area contributed by atoms with E-state index in [9.17, 15) is 4.79 Å². The van der Waals surface area contributed by atoms with Crippen LogP contribution in [-0.2, 0) is 12.8 Å². The molecule has 0 amide bonds. The van der Waals surface area contributed by atoms with Crippen LogP contribution in [0.3, 0.4) is 0 Å². The van der Waals surface area contributed by atoms with Crippen molar-refractivity contribution < 1.29 is 0 Å². The van der Waals surface area contributed by atoms with Crippen molar-refractivity contribution in [3.63, 3.8) is 0 Å². The third-order valence-electron chi connectivity index (χ3n) is 5.51. The lowest BCUT2D eigenvalue weighted by atomic mass is 9.95. The van der Waals surface area contributed by atoms with Gasteiger partial charge in [-0.05, 0) is 44.1 Å². The van der Waals surface area contributed by atoms with Gasteiger partial charge in [0.2, 0.25) is 0 Å². The summed E-state index contributed by atoms with van der Waals surface area (Å²) in [7, 11) is 0. The lowest BCUT2D eigenvalue weighted by Crippen LogP contribution is -2.29. The molecule has 5 heteroatoms. The van der Waals surface area contributed by atoms with E-state index < -0.39 is 0 Å². The normalized spacial score (nSPS) is 18.9. The molecule has 0 bridgehead atoms. The number of thiophene rings is 1. The van der Waals surface area contributed by atoms with E-state index >= 15 is 0 Å². The van der Waals surface area contributed by atoms with Crippen molar-refractivity contribution in [2.24, 2.45) is 0 Å². The van der Waals surface area contributed by atoms with Gasteiger partial charge in [0, 0.05) is 16.7 Å². The van der Waals surface area contributed by atoms with Crippen LogP contribution in [0.25, 0.3) is 10.2 Å². The molecule has 1 fully saturated rings. The minimum Gasteiger partial charge on any atom is -0.284 e. The smallest absolute Gasteiger partial charge is 0.263 e. The topological polar surface area (TPSA) is 34.9 Å². The van der Waals surface area contributed by atoms with Crippen molar-refractivity contribution in [2.75, 3.05) is 5.75 Å². The van der Waals surface area contributed by atoms with Gasteiger partial charge in [-0.25, -0.2) is 4.98 Å². The predicted octanol–water partition coefficient (Wildman–Crippen LogP) is 5.51. The third kappa shape index (κ3) is 3.33. The Morgan fingerprint density at radius 2 is 1.92 bits per heavy atom. The largest absolute Gasteiger partial charge is 0.284 e. The molecule has 25 heavy (non-hydrogen) atoms. The van der Waals surface area contributed by atoms with E-state index in [0.29, 0.717) is 6.04 Å². The maximum absolute atomic E-state index is 13.5. The molecular weight excluding hydrogens is 348 g/mol. The van der Waals surface area contributed by atoms with E-state index in [2.05, 4.69) is 6.58 Å². The average Bonchev–Trinajstić information content (AvgIpc) is 2.82. The summed E-state index contributed by atoms with van der Waals surface area (Å²) in [6, 6.07) is 0.326. The fourth-order valence-corrected chi connectivity index (χ4v) is 6.38. The number of aryl methyl sites for hydroxylation is 2. The van der Waals surface area contributed by atoms with Crippen LogP contribution in [-0.4, -0.2) is 15.3 Å². The zero-order chi connectivity index (χ0) is 17.2. The molecule has 0 unspecified atom stereocenters. The molecule has 0 spiro atoms. The highest BCUT2D eigenvalue weighted by Crippen LogP contribution is 2.36. The van der Waals surface area contributed by atoms with Crippen molar-refractivity contribution in [1.82, 2.24) is 9.55 Å². The van der Waals surface area contributed by atoms with Crippen molar-refractivity contribution in [1.29, 1.82) is 0 Å². The second-order valence-corrected chi connectivity index (χ2v) is 9.28. The molecule has 0 aromatic carbocycles. The first kappa shape index (κ1) is 17.3. The second kappa shape index (κ2) is 7.67. The number of rotatable bonds is 4. The number of thioether (sulfide) groups is 1. The van der Waals surface area contributed by atoms with Gasteiger partial charge in [0.05, 0.1) is 5.39 Å². The quantitative estimate of drug-likeness (QED) is 0.306. The van der Waals surface area contributed by atoms with Gasteiger partial charge in [-0.2, -0.15) is 0 Å². The van der Waals surface area contributed by atoms with Crippen LogP contribution >= 0.6 is 23.1 Å².